The molecule has 34 heavy (non-hydrogen) atoms. The van der Waals surface area contributed by atoms with Gasteiger partial charge in [0.2, 0.25) is 0 Å². The van der Waals surface area contributed by atoms with Crippen LogP contribution in [0.15, 0.2) is 30.7 Å². The molecule has 6 rings (SSSR count). The molecule has 4 heterocycles. The first-order valence-corrected chi connectivity index (χ1v) is 12.7. The van der Waals surface area contributed by atoms with Gasteiger partial charge in [0.15, 0.2) is 11.4 Å². The summed E-state index contributed by atoms with van der Waals surface area (Å²) < 4.78 is 7.38. The molecule has 2 N–H and O–H groups in total. The summed E-state index contributed by atoms with van der Waals surface area (Å²) in [4.78, 5) is 13.2. The normalized spacial score (nSPS) is 21.7. The lowest BCUT2D eigenvalue weighted by molar-refractivity contribution is 0.415. The molecule has 2 aliphatic carbocycles. The standard InChI is InChI=1S/C27H34N6O/c1-15(2)24-25(19-12-23(34-4)27-28-14-29-33(27)13-19)32-22-10-9-21(31-26(22)24)18-7-8-20(11-18)30-16(3)17-5-6-17/h9-10,12-18,20,30,32H,5-8,11H2,1-4H3. The van der Waals surface area contributed by atoms with E-state index in [0.717, 1.165) is 28.2 Å². The molecule has 7 nitrogen and oxygen atoms in total. The van der Waals surface area contributed by atoms with Crippen LogP contribution in [0.25, 0.3) is 27.9 Å². The van der Waals surface area contributed by atoms with Gasteiger partial charge >= 0.3 is 0 Å². The van der Waals surface area contributed by atoms with Crippen molar-refractivity contribution in [2.45, 2.75) is 76.8 Å². The lowest BCUT2D eigenvalue weighted by Gasteiger charge is -2.19. The predicted octanol–water partition coefficient (Wildman–Crippen LogP) is 5.43. The van der Waals surface area contributed by atoms with Gasteiger partial charge in [-0.25, -0.2) is 9.50 Å². The summed E-state index contributed by atoms with van der Waals surface area (Å²) >= 11 is 0. The van der Waals surface area contributed by atoms with Crippen LogP contribution in [0.1, 0.15) is 76.0 Å². The Morgan fingerprint density at radius 2 is 2.00 bits per heavy atom. The summed E-state index contributed by atoms with van der Waals surface area (Å²) in [6, 6.07) is 7.75. The zero-order valence-electron chi connectivity index (χ0n) is 20.5. The van der Waals surface area contributed by atoms with E-state index >= 15 is 0 Å². The highest BCUT2D eigenvalue weighted by Gasteiger charge is 2.33. The molecule has 2 saturated carbocycles. The summed E-state index contributed by atoms with van der Waals surface area (Å²) in [5, 5.41) is 8.24. The van der Waals surface area contributed by atoms with E-state index < -0.39 is 0 Å². The average molecular weight is 459 g/mol. The van der Waals surface area contributed by atoms with Crippen LogP contribution in [0.3, 0.4) is 0 Å². The number of methoxy groups -OCH3 is 1. The molecule has 0 bridgehead atoms. The molecule has 7 heteroatoms. The Balaban J connectivity index is 1.35. The van der Waals surface area contributed by atoms with Crippen LogP contribution in [0.5, 0.6) is 5.75 Å². The lowest BCUT2D eigenvalue weighted by Crippen LogP contribution is -2.36. The SMILES string of the molecule is COc1cc(-c2[nH]c3ccc(C4CCC(NC(C)C5CC5)C4)nc3c2C(C)C)cn2ncnc12. The van der Waals surface area contributed by atoms with Crippen molar-refractivity contribution in [1.29, 1.82) is 0 Å². The lowest BCUT2D eigenvalue weighted by atomic mass is 9.97. The van der Waals surface area contributed by atoms with E-state index in [1.54, 1.807) is 18.0 Å². The first kappa shape index (κ1) is 21.6. The van der Waals surface area contributed by atoms with Crippen molar-refractivity contribution >= 4 is 16.7 Å². The van der Waals surface area contributed by atoms with Crippen molar-refractivity contribution in [3.8, 4) is 17.0 Å². The summed E-state index contributed by atoms with van der Waals surface area (Å²) in [6.07, 6.45) is 9.99. The number of rotatable bonds is 7. The molecule has 4 aromatic heterocycles. The van der Waals surface area contributed by atoms with E-state index in [2.05, 4.69) is 53.3 Å². The highest BCUT2D eigenvalue weighted by molar-refractivity contribution is 5.89. The minimum Gasteiger partial charge on any atom is -0.493 e. The third kappa shape index (κ3) is 3.76. The van der Waals surface area contributed by atoms with Gasteiger partial charge in [0.1, 0.15) is 6.33 Å². The molecule has 0 spiro atoms. The topological polar surface area (TPSA) is 80.1 Å². The van der Waals surface area contributed by atoms with E-state index in [1.165, 1.54) is 43.4 Å². The van der Waals surface area contributed by atoms with E-state index in [-0.39, 0.29) is 0 Å². The van der Waals surface area contributed by atoms with E-state index in [9.17, 15) is 0 Å². The van der Waals surface area contributed by atoms with Crippen LogP contribution in [-0.4, -0.2) is 43.8 Å². The Hall–Kier alpha value is -2.93. The van der Waals surface area contributed by atoms with Crippen LogP contribution in [0.2, 0.25) is 0 Å². The van der Waals surface area contributed by atoms with Crippen LogP contribution >= 0.6 is 0 Å². The fraction of sp³-hybridized carbons (Fsp3) is 0.519. The Labute approximate surface area is 200 Å². The fourth-order valence-corrected chi connectivity index (χ4v) is 5.81. The molecule has 4 aromatic rings. The van der Waals surface area contributed by atoms with Gasteiger partial charge in [-0.2, -0.15) is 5.10 Å². The molecule has 0 aromatic carbocycles. The molecule has 2 aliphatic rings. The number of aromatic amines is 1. The van der Waals surface area contributed by atoms with Crippen LogP contribution in [0, 0.1) is 5.92 Å². The molecule has 178 valence electrons. The summed E-state index contributed by atoms with van der Waals surface area (Å²) in [5.74, 6) is 2.46. The Bertz CT molecular complexity index is 1330. The summed E-state index contributed by atoms with van der Waals surface area (Å²) in [7, 11) is 1.67. The van der Waals surface area contributed by atoms with Gasteiger partial charge in [0.05, 0.1) is 23.8 Å². The van der Waals surface area contributed by atoms with Crippen LogP contribution in [0.4, 0.5) is 0 Å². The van der Waals surface area contributed by atoms with Crippen molar-refractivity contribution in [3.63, 3.8) is 0 Å². The fourth-order valence-electron chi connectivity index (χ4n) is 5.81. The number of aromatic nitrogens is 5. The summed E-state index contributed by atoms with van der Waals surface area (Å²) in [5.41, 5.74) is 7.46. The predicted molar refractivity (Wildman–Crippen MR) is 134 cm³/mol. The highest BCUT2D eigenvalue weighted by atomic mass is 16.5. The number of pyridine rings is 2. The molecule has 0 amide bonds. The van der Waals surface area contributed by atoms with Gasteiger partial charge in [-0.3, -0.25) is 4.98 Å². The highest BCUT2D eigenvalue weighted by Crippen LogP contribution is 2.40. The third-order valence-corrected chi connectivity index (χ3v) is 7.81. The Morgan fingerprint density at radius 1 is 1.15 bits per heavy atom. The molecular formula is C27H34N6O. The zero-order valence-corrected chi connectivity index (χ0v) is 20.5. The maximum atomic E-state index is 5.61. The van der Waals surface area contributed by atoms with Crippen molar-refractivity contribution in [3.05, 3.63) is 42.0 Å². The number of nitrogens with one attached hydrogen (secondary N) is 2. The largest absolute Gasteiger partial charge is 0.493 e. The maximum absolute atomic E-state index is 5.61. The van der Waals surface area contributed by atoms with Gasteiger partial charge in [0, 0.05) is 41.0 Å². The monoisotopic (exact) mass is 458 g/mol. The molecule has 0 aliphatic heterocycles. The van der Waals surface area contributed by atoms with Crippen LogP contribution in [-0.2, 0) is 0 Å². The van der Waals surface area contributed by atoms with Gasteiger partial charge in [-0.1, -0.05) is 13.8 Å². The van der Waals surface area contributed by atoms with Gasteiger partial charge in [-0.05, 0) is 69.1 Å². The van der Waals surface area contributed by atoms with Gasteiger partial charge < -0.3 is 15.0 Å². The molecule has 0 saturated heterocycles. The zero-order chi connectivity index (χ0) is 23.4. The number of fused-ring (bicyclic) bond motifs is 2. The number of hydrogen-bond donors (Lipinski definition) is 2. The van der Waals surface area contributed by atoms with E-state index in [4.69, 9.17) is 9.72 Å². The average Bonchev–Trinajstić information content (AvgIpc) is 3.23. The number of hydrogen-bond acceptors (Lipinski definition) is 5. The minimum absolute atomic E-state index is 0.321. The quantitative estimate of drug-likeness (QED) is 0.386. The number of nitrogens with zero attached hydrogens (tertiary/aromatic N) is 4. The molecular weight excluding hydrogens is 424 g/mol. The van der Waals surface area contributed by atoms with E-state index in [1.807, 2.05) is 12.3 Å². The summed E-state index contributed by atoms with van der Waals surface area (Å²) in [6.45, 7) is 6.83. The van der Waals surface area contributed by atoms with Crippen molar-refractivity contribution in [2.75, 3.05) is 7.11 Å². The molecule has 3 atom stereocenters. The van der Waals surface area contributed by atoms with Crippen molar-refractivity contribution in [1.82, 2.24) is 29.9 Å². The van der Waals surface area contributed by atoms with Gasteiger partial charge in [0.25, 0.3) is 0 Å². The van der Waals surface area contributed by atoms with Crippen LogP contribution < -0.4 is 10.1 Å². The first-order chi connectivity index (χ1) is 16.5. The second kappa shape index (κ2) is 8.38. The van der Waals surface area contributed by atoms with Gasteiger partial charge in [-0.15, -0.1) is 0 Å². The smallest absolute Gasteiger partial charge is 0.197 e. The third-order valence-electron chi connectivity index (χ3n) is 7.81. The first-order valence-electron chi connectivity index (χ1n) is 12.7. The Morgan fingerprint density at radius 3 is 2.76 bits per heavy atom. The molecule has 2 fully saturated rings. The second-order valence-electron chi connectivity index (χ2n) is 10.5. The Kier molecular flexibility index (Phi) is 5.32. The molecule has 3 unspecified atom stereocenters. The number of H-pyrrole nitrogens is 1. The number of ether oxygens (including phenoxy) is 1. The van der Waals surface area contributed by atoms with E-state index in [0.29, 0.717) is 35.3 Å². The minimum atomic E-state index is 0.321. The molecule has 0 radical (unpaired) electrons. The van der Waals surface area contributed by atoms with Crippen molar-refractivity contribution < 1.29 is 4.74 Å². The van der Waals surface area contributed by atoms with Crippen molar-refractivity contribution in [2.24, 2.45) is 5.92 Å². The maximum Gasteiger partial charge on any atom is 0.197 e. The second-order valence-corrected chi connectivity index (χ2v) is 10.5.